The molecule has 0 bridgehead atoms. The number of aromatic nitrogens is 3. The maximum absolute atomic E-state index is 12.7. The molecule has 1 fully saturated rings. The summed E-state index contributed by atoms with van der Waals surface area (Å²) in [6, 6.07) is 4.97. The maximum atomic E-state index is 12.7. The van der Waals surface area contributed by atoms with Crippen molar-refractivity contribution in [3.63, 3.8) is 0 Å². The molecule has 2 aromatic rings. The van der Waals surface area contributed by atoms with Gasteiger partial charge < -0.3 is 0 Å². The number of halogens is 3. The maximum Gasteiger partial charge on any atom is 0.416 e. The summed E-state index contributed by atoms with van der Waals surface area (Å²) in [6.45, 7) is 1.79. The zero-order chi connectivity index (χ0) is 16.4. The molecule has 1 aromatic carbocycles. The van der Waals surface area contributed by atoms with Crippen molar-refractivity contribution in [3.05, 3.63) is 41.5 Å². The molecule has 1 saturated carbocycles. The molecule has 0 unspecified atom stereocenters. The van der Waals surface area contributed by atoms with Crippen LogP contribution in [-0.2, 0) is 6.18 Å². The van der Waals surface area contributed by atoms with Crippen molar-refractivity contribution < 1.29 is 13.2 Å². The lowest BCUT2D eigenvalue weighted by Crippen LogP contribution is -2.11. The molecule has 3 nitrogen and oxygen atoms in total. The van der Waals surface area contributed by atoms with E-state index in [1.54, 1.807) is 6.92 Å². The Kier molecular flexibility index (Phi) is 4.33. The topological polar surface area (TPSA) is 38.7 Å². The molecule has 0 amide bonds. The van der Waals surface area contributed by atoms with Crippen LogP contribution >= 0.6 is 0 Å². The molecule has 1 aliphatic rings. The summed E-state index contributed by atoms with van der Waals surface area (Å²) in [5.74, 6) is 2.16. The van der Waals surface area contributed by atoms with E-state index in [4.69, 9.17) is 0 Å². The Hall–Kier alpha value is -1.98. The summed E-state index contributed by atoms with van der Waals surface area (Å²) >= 11 is 0. The van der Waals surface area contributed by atoms with Crippen LogP contribution in [0.2, 0.25) is 0 Å². The minimum absolute atomic E-state index is 0.332. The number of rotatable bonds is 2. The van der Waals surface area contributed by atoms with Crippen molar-refractivity contribution in [2.75, 3.05) is 0 Å². The van der Waals surface area contributed by atoms with Gasteiger partial charge in [-0.25, -0.2) is 15.0 Å². The molecule has 122 valence electrons. The molecule has 0 aliphatic heterocycles. The second-order valence-corrected chi connectivity index (χ2v) is 5.97. The van der Waals surface area contributed by atoms with Gasteiger partial charge in [-0.05, 0) is 31.9 Å². The van der Waals surface area contributed by atoms with Gasteiger partial charge in [-0.1, -0.05) is 31.4 Å². The number of alkyl halides is 3. The van der Waals surface area contributed by atoms with Crippen LogP contribution in [0.5, 0.6) is 0 Å². The first kappa shape index (κ1) is 15.9. The van der Waals surface area contributed by atoms with Gasteiger partial charge in [0.1, 0.15) is 11.6 Å². The zero-order valence-electron chi connectivity index (χ0n) is 12.9. The minimum atomic E-state index is -4.33. The van der Waals surface area contributed by atoms with Gasteiger partial charge in [0.05, 0.1) is 5.56 Å². The molecule has 23 heavy (non-hydrogen) atoms. The Morgan fingerprint density at radius 1 is 0.913 bits per heavy atom. The first-order valence-electron chi connectivity index (χ1n) is 7.84. The minimum Gasteiger partial charge on any atom is -0.218 e. The van der Waals surface area contributed by atoms with Gasteiger partial charge >= 0.3 is 6.18 Å². The molecule has 6 heteroatoms. The van der Waals surface area contributed by atoms with E-state index in [1.165, 1.54) is 31.4 Å². The van der Waals surface area contributed by atoms with Crippen LogP contribution in [0.25, 0.3) is 11.4 Å². The Labute approximate surface area is 133 Å². The first-order chi connectivity index (χ1) is 10.9. The molecule has 0 saturated heterocycles. The summed E-state index contributed by atoms with van der Waals surface area (Å²) in [4.78, 5) is 13.2. The summed E-state index contributed by atoms with van der Waals surface area (Å²) in [7, 11) is 0. The van der Waals surface area contributed by atoms with Gasteiger partial charge in [-0.3, -0.25) is 0 Å². The van der Waals surface area contributed by atoms with Gasteiger partial charge in [-0.2, -0.15) is 13.2 Å². The largest absolute Gasteiger partial charge is 0.416 e. The van der Waals surface area contributed by atoms with Crippen molar-refractivity contribution in [3.8, 4) is 11.4 Å². The van der Waals surface area contributed by atoms with Crippen LogP contribution in [0.15, 0.2) is 24.3 Å². The monoisotopic (exact) mass is 321 g/mol. The first-order valence-corrected chi connectivity index (χ1v) is 7.84. The molecule has 1 aromatic heterocycles. The lowest BCUT2D eigenvalue weighted by atomic mass is 9.88. The van der Waals surface area contributed by atoms with Crippen LogP contribution in [0, 0.1) is 6.92 Å². The third kappa shape index (κ3) is 3.68. The SMILES string of the molecule is Cc1nc(-c2ccc(C(F)(F)F)cc2)nc(C2CCCCC2)n1. The third-order valence-electron chi connectivity index (χ3n) is 4.21. The number of hydrogen-bond acceptors (Lipinski definition) is 3. The summed E-state index contributed by atoms with van der Waals surface area (Å²) in [5.41, 5.74) is -0.0832. The van der Waals surface area contributed by atoms with Gasteiger partial charge in [0.25, 0.3) is 0 Å². The Balaban J connectivity index is 1.91. The highest BCUT2D eigenvalue weighted by Crippen LogP contribution is 2.32. The second kappa shape index (κ2) is 6.26. The number of hydrogen-bond donors (Lipinski definition) is 0. The molecule has 1 heterocycles. The molecule has 0 spiro atoms. The van der Waals surface area contributed by atoms with Gasteiger partial charge in [-0.15, -0.1) is 0 Å². The predicted octanol–water partition coefficient (Wildman–Crippen LogP) is 4.91. The van der Waals surface area contributed by atoms with Crippen LogP contribution in [0.4, 0.5) is 13.2 Å². The molecule has 1 aliphatic carbocycles. The van der Waals surface area contributed by atoms with Gasteiger partial charge in [0.2, 0.25) is 0 Å². The Morgan fingerprint density at radius 3 is 2.17 bits per heavy atom. The lowest BCUT2D eigenvalue weighted by molar-refractivity contribution is -0.137. The summed E-state index contributed by atoms with van der Waals surface area (Å²) in [5, 5.41) is 0. The smallest absolute Gasteiger partial charge is 0.218 e. The normalized spacial score (nSPS) is 16.5. The fraction of sp³-hybridized carbons (Fsp3) is 0.471. The fourth-order valence-electron chi connectivity index (χ4n) is 2.98. The standard InChI is InChI=1S/C17H18F3N3/c1-11-21-15(12-5-3-2-4-6-12)23-16(22-11)13-7-9-14(10-8-13)17(18,19)20/h7-10,12H,2-6H2,1H3. The van der Waals surface area contributed by atoms with E-state index in [1.807, 2.05) is 0 Å². The molecular weight excluding hydrogens is 303 g/mol. The summed E-state index contributed by atoms with van der Waals surface area (Å²) < 4.78 is 38.0. The Bertz CT molecular complexity index is 674. The number of nitrogens with zero attached hydrogens (tertiary/aromatic N) is 3. The van der Waals surface area contributed by atoms with Gasteiger partial charge in [0.15, 0.2) is 5.82 Å². The molecule has 0 radical (unpaired) electrons. The van der Waals surface area contributed by atoms with Gasteiger partial charge in [0, 0.05) is 11.5 Å². The van der Waals surface area contributed by atoms with E-state index < -0.39 is 11.7 Å². The van der Waals surface area contributed by atoms with Crippen LogP contribution in [-0.4, -0.2) is 15.0 Å². The zero-order valence-corrected chi connectivity index (χ0v) is 12.9. The van der Waals surface area contributed by atoms with Crippen LogP contribution in [0.1, 0.15) is 55.2 Å². The average molecular weight is 321 g/mol. The molecule has 0 N–H and O–H groups in total. The summed E-state index contributed by atoms with van der Waals surface area (Å²) in [6.07, 6.45) is 1.38. The fourth-order valence-corrected chi connectivity index (χ4v) is 2.98. The molecule has 0 atom stereocenters. The highest BCUT2D eigenvalue weighted by Gasteiger charge is 2.30. The van der Waals surface area contributed by atoms with Crippen LogP contribution < -0.4 is 0 Å². The van der Waals surface area contributed by atoms with Crippen molar-refractivity contribution in [1.82, 2.24) is 15.0 Å². The van der Waals surface area contributed by atoms with Crippen molar-refractivity contribution in [2.24, 2.45) is 0 Å². The Morgan fingerprint density at radius 2 is 1.57 bits per heavy atom. The third-order valence-corrected chi connectivity index (χ3v) is 4.21. The van der Waals surface area contributed by atoms with Crippen molar-refractivity contribution >= 4 is 0 Å². The lowest BCUT2D eigenvalue weighted by Gasteiger charge is -2.20. The van der Waals surface area contributed by atoms with E-state index in [-0.39, 0.29) is 0 Å². The van der Waals surface area contributed by atoms with Crippen molar-refractivity contribution in [2.45, 2.75) is 51.1 Å². The highest BCUT2D eigenvalue weighted by atomic mass is 19.4. The predicted molar refractivity (Wildman–Crippen MR) is 80.8 cm³/mol. The number of aryl methyl sites for hydroxylation is 1. The van der Waals surface area contributed by atoms with E-state index in [0.29, 0.717) is 23.1 Å². The average Bonchev–Trinajstić information content (AvgIpc) is 2.54. The van der Waals surface area contributed by atoms with E-state index >= 15 is 0 Å². The van der Waals surface area contributed by atoms with E-state index in [9.17, 15) is 13.2 Å². The van der Waals surface area contributed by atoms with E-state index in [2.05, 4.69) is 15.0 Å². The highest BCUT2D eigenvalue weighted by molar-refractivity contribution is 5.55. The molecular formula is C17H18F3N3. The quantitative estimate of drug-likeness (QED) is 0.788. The number of benzene rings is 1. The van der Waals surface area contributed by atoms with Crippen LogP contribution in [0.3, 0.4) is 0 Å². The molecule has 3 rings (SSSR count). The van der Waals surface area contributed by atoms with Crippen molar-refractivity contribution in [1.29, 1.82) is 0 Å². The second-order valence-electron chi connectivity index (χ2n) is 5.97. The van der Waals surface area contributed by atoms with E-state index in [0.717, 1.165) is 30.8 Å².